The summed E-state index contributed by atoms with van der Waals surface area (Å²) in [6.45, 7) is 0.614. The summed E-state index contributed by atoms with van der Waals surface area (Å²) in [5.41, 5.74) is 0.662. The highest BCUT2D eigenvalue weighted by molar-refractivity contribution is 14.1. The van der Waals surface area contributed by atoms with Gasteiger partial charge in [-0.1, -0.05) is 15.9 Å². The fourth-order valence-corrected chi connectivity index (χ4v) is 2.30. The highest BCUT2D eigenvalue weighted by Crippen LogP contribution is 2.24. The van der Waals surface area contributed by atoms with Gasteiger partial charge in [-0.3, -0.25) is 4.79 Å². The second kappa shape index (κ2) is 4.65. The first-order valence-electron chi connectivity index (χ1n) is 4.51. The molecular weight excluding hydrogens is 371 g/mol. The van der Waals surface area contributed by atoms with Crippen LogP contribution in [0.5, 0.6) is 0 Å². The van der Waals surface area contributed by atoms with Gasteiger partial charge in [0.2, 0.25) is 5.78 Å². The second-order valence-electron chi connectivity index (χ2n) is 3.16. The topological polar surface area (TPSA) is 26.3 Å². The van der Waals surface area contributed by atoms with E-state index in [0.717, 1.165) is 14.5 Å². The predicted octanol–water partition coefficient (Wildman–Crippen LogP) is 3.54. The Bertz CT molecular complexity index is 440. The first-order valence-corrected chi connectivity index (χ1v) is 6.38. The summed E-state index contributed by atoms with van der Waals surface area (Å²) >= 11 is 5.56. The maximum Gasteiger partial charge on any atom is 0.228 e. The molecule has 0 atom stereocenters. The molecule has 0 amide bonds. The summed E-state index contributed by atoms with van der Waals surface area (Å²) in [5, 5.41) is 0. The van der Waals surface area contributed by atoms with Crippen LogP contribution in [0.4, 0.5) is 0 Å². The standard InChI is InChI=1S/C11H8BrIO2/c12-9-4-3-7(13)6-8(9)11(14)10-2-1-5-15-10/h2-4,6H,1,5H2. The van der Waals surface area contributed by atoms with Crippen molar-refractivity contribution in [2.24, 2.45) is 0 Å². The van der Waals surface area contributed by atoms with Gasteiger partial charge in [0.15, 0.2) is 5.76 Å². The van der Waals surface area contributed by atoms with Crippen LogP contribution in [-0.2, 0) is 4.74 Å². The molecule has 0 bridgehead atoms. The van der Waals surface area contributed by atoms with Crippen LogP contribution in [0, 0.1) is 3.57 Å². The third-order valence-corrected chi connectivity index (χ3v) is 3.46. The molecule has 4 heteroatoms. The molecule has 0 N–H and O–H groups in total. The molecule has 0 saturated carbocycles. The normalized spacial score (nSPS) is 14.7. The average molecular weight is 379 g/mol. The summed E-state index contributed by atoms with van der Waals surface area (Å²) in [6, 6.07) is 5.69. The third-order valence-electron chi connectivity index (χ3n) is 2.10. The first kappa shape index (κ1) is 11.1. The van der Waals surface area contributed by atoms with Gasteiger partial charge in [0.25, 0.3) is 0 Å². The molecule has 0 fully saturated rings. The van der Waals surface area contributed by atoms with Gasteiger partial charge < -0.3 is 4.74 Å². The maximum absolute atomic E-state index is 12.0. The third kappa shape index (κ3) is 2.42. The number of hydrogen-bond acceptors (Lipinski definition) is 2. The van der Waals surface area contributed by atoms with E-state index in [9.17, 15) is 4.79 Å². The van der Waals surface area contributed by atoms with Gasteiger partial charge in [-0.05, 0) is 46.9 Å². The minimum absolute atomic E-state index is 0.0436. The van der Waals surface area contributed by atoms with Crippen LogP contribution < -0.4 is 0 Å². The quantitative estimate of drug-likeness (QED) is 0.581. The first-order chi connectivity index (χ1) is 7.18. The molecule has 2 rings (SSSR count). The lowest BCUT2D eigenvalue weighted by Gasteiger charge is -2.05. The molecule has 15 heavy (non-hydrogen) atoms. The smallest absolute Gasteiger partial charge is 0.228 e. The van der Waals surface area contributed by atoms with Crippen molar-refractivity contribution in [2.75, 3.05) is 6.61 Å². The number of rotatable bonds is 2. The molecule has 1 heterocycles. The van der Waals surface area contributed by atoms with Crippen LogP contribution in [0.15, 0.2) is 34.5 Å². The molecule has 2 nitrogen and oxygen atoms in total. The lowest BCUT2D eigenvalue weighted by atomic mass is 10.1. The Labute approximate surface area is 110 Å². The Morgan fingerprint density at radius 3 is 2.93 bits per heavy atom. The predicted molar refractivity (Wildman–Crippen MR) is 69.8 cm³/mol. The average Bonchev–Trinajstić information content (AvgIpc) is 2.74. The molecule has 0 aromatic heterocycles. The summed E-state index contributed by atoms with van der Waals surface area (Å²) in [4.78, 5) is 12.0. The van der Waals surface area contributed by atoms with Crippen LogP contribution in [-0.4, -0.2) is 12.4 Å². The minimum Gasteiger partial charge on any atom is -0.489 e. The number of benzene rings is 1. The summed E-state index contributed by atoms with van der Waals surface area (Å²) in [5.74, 6) is 0.426. The number of hydrogen-bond donors (Lipinski definition) is 0. The van der Waals surface area contributed by atoms with E-state index in [-0.39, 0.29) is 5.78 Å². The van der Waals surface area contributed by atoms with Crippen molar-refractivity contribution in [2.45, 2.75) is 6.42 Å². The van der Waals surface area contributed by atoms with Gasteiger partial charge in [-0.2, -0.15) is 0 Å². The molecule has 0 saturated heterocycles. The highest BCUT2D eigenvalue weighted by atomic mass is 127. The number of halogens is 2. The Kier molecular flexibility index (Phi) is 3.45. The van der Waals surface area contributed by atoms with E-state index in [1.54, 1.807) is 0 Å². The van der Waals surface area contributed by atoms with Crippen molar-refractivity contribution in [3.63, 3.8) is 0 Å². The SMILES string of the molecule is O=C(C1=CCCO1)c1cc(I)ccc1Br. The number of carbonyl (C=O) groups excluding carboxylic acids is 1. The van der Waals surface area contributed by atoms with Crippen LogP contribution in [0.2, 0.25) is 0 Å². The van der Waals surface area contributed by atoms with Crippen molar-refractivity contribution < 1.29 is 9.53 Å². The largest absolute Gasteiger partial charge is 0.489 e. The van der Waals surface area contributed by atoms with E-state index in [1.165, 1.54) is 0 Å². The van der Waals surface area contributed by atoms with Crippen molar-refractivity contribution in [3.8, 4) is 0 Å². The molecule has 1 aliphatic rings. The Morgan fingerprint density at radius 1 is 1.47 bits per heavy atom. The molecule has 78 valence electrons. The molecule has 0 spiro atoms. The Balaban J connectivity index is 2.36. The molecule has 0 radical (unpaired) electrons. The van der Waals surface area contributed by atoms with E-state index < -0.39 is 0 Å². The van der Waals surface area contributed by atoms with E-state index in [2.05, 4.69) is 38.5 Å². The van der Waals surface area contributed by atoms with E-state index in [1.807, 2.05) is 24.3 Å². The summed E-state index contributed by atoms with van der Waals surface area (Å²) in [7, 11) is 0. The Hall–Kier alpha value is -0.360. The van der Waals surface area contributed by atoms with Gasteiger partial charge in [-0.25, -0.2) is 0 Å². The fraction of sp³-hybridized carbons (Fsp3) is 0.182. The van der Waals surface area contributed by atoms with E-state index in [4.69, 9.17) is 4.74 Å². The monoisotopic (exact) mass is 378 g/mol. The van der Waals surface area contributed by atoms with Crippen LogP contribution >= 0.6 is 38.5 Å². The second-order valence-corrected chi connectivity index (χ2v) is 5.26. The number of ketones is 1. The highest BCUT2D eigenvalue weighted by Gasteiger charge is 2.19. The number of Topliss-reactive ketones (excluding diaryl/α,β-unsaturated/α-hetero) is 1. The zero-order valence-corrected chi connectivity index (χ0v) is 11.5. The maximum atomic E-state index is 12.0. The van der Waals surface area contributed by atoms with Crippen LogP contribution in [0.25, 0.3) is 0 Å². The van der Waals surface area contributed by atoms with Gasteiger partial charge in [0.05, 0.1) is 6.61 Å². The number of allylic oxidation sites excluding steroid dienone is 1. The van der Waals surface area contributed by atoms with Crippen molar-refractivity contribution in [1.82, 2.24) is 0 Å². The molecule has 1 aliphatic heterocycles. The molecular formula is C11H8BrIO2. The summed E-state index contributed by atoms with van der Waals surface area (Å²) in [6.07, 6.45) is 2.66. The van der Waals surface area contributed by atoms with Crippen molar-refractivity contribution in [1.29, 1.82) is 0 Å². The Morgan fingerprint density at radius 2 is 2.27 bits per heavy atom. The zero-order valence-electron chi connectivity index (χ0n) is 7.80. The van der Waals surface area contributed by atoms with E-state index in [0.29, 0.717) is 17.9 Å². The summed E-state index contributed by atoms with van der Waals surface area (Å²) < 4.78 is 7.10. The molecule has 0 aliphatic carbocycles. The van der Waals surface area contributed by atoms with Crippen molar-refractivity contribution >= 4 is 44.3 Å². The van der Waals surface area contributed by atoms with Crippen LogP contribution in [0.1, 0.15) is 16.8 Å². The lowest BCUT2D eigenvalue weighted by Crippen LogP contribution is -2.05. The van der Waals surface area contributed by atoms with Crippen LogP contribution in [0.3, 0.4) is 0 Å². The van der Waals surface area contributed by atoms with E-state index >= 15 is 0 Å². The minimum atomic E-state index is -0.0436. The zero-order chi connectivity index (χ0) is 10.8. The van der Waals surface area contributed by atoms with Gasteiger partial charge in [0.1, 0.15) is 0 Å². The molecule has 1 aromatic rings. The van der Waals surface area contributed by atoms with Crippen molar-refractivity contribution in [3.05, 3.63) is 43.6 Å². The van der Waals surface area contributed by atoms with Gasteiger partial charge >= 0.3 is 0 Å². The molecule has 1 aromatic carbocycles. The fourth-order valence-electron chi connectivity index (χ4n) is 1.38. The van der Waals surface area contributed by atoms with Gasteiger partial charge in [0, 0.05) is 20.0 Å². The number of ether oxygens (including phenoxy) is 1. The number of carbonyl (C=O) groups is 1. The lowest BCUT2D eigenvalue weighted by molar-refractivity contribution is 0.0941. The molecule has 0 unspecified atom stereocenters. The van der Waals surface area contributed by atoms with Gasteiger partial charge in [-0.15, -0.1) is 0 Å².